The number of carbonyl (C=O) groups is 5. The second-order valence-electron chi connectivity index (χ2n) is 8.05. The van der Waals surface area contributed by atoms with Crippen molar-refractivity contribution in [2.75, 3.05) is 6.61 Å². The first kappa shape index (κ1) is 28.4. The highest BCUT2D eigenvalue weighted by Gasteiger charge is 2.53. The first-order valence-electron chi connectivity index (χ1n) is 11.6. The van der Waals surface area contributed by atoms with Crippen LogP contribution in [0, 0.1) is 0 Å². The SMILES string of the molecule is CCCCCCCCCCCC(=O)OC1(OC(C)=O)COC(=O)CCC(=O)OC1OC(C)=O. The summed E-state index contributed by atoms with van der Waals surface area (Å²) in [6.07, 6.45) is 6.85. The van der Waals surface area contributed by atoms with Crippen molar-refractivity contribution in [1.82, 2.24) is 0 Å². The molecule has 0 aromatic carbocycles. The fourth-order valence-corrected chi connectivity index (χ4v) is 3.30. The van der Waals surface area contributed by atoms with E-state index in [4.69, 9.17) is 23.7 Å². The third-order valence-corrected chi connectivity index (χ3v) is 4.93. The highest BCUT2D eigenvalue weighted by molar-refractivity contribution is 5.78. The van der Waals surface area contributed by atoms with Gasteiger partial charge in [0.2, 0.25) is 0 Å². The van der Waals surface area contributed by atoms with E-state index in [0.717, 1.165) is 39.5 Å². The van der Waals surface area contributed by atoms with Gasteiger partial charge in [0.15, 0.2) is 6.61 Å². The monoisotopic (exact) mass is 472 g/mol. The van der Waals surface area contributed by atoms with Gasteiger partial charge >= 0.3 is 41.9 Å². The van der Waals surface area contributed by atoms with E-state index in [1.54, 1.807) is 0 Å². The molecule has 0 aromatic rings. The fraction of sp³-hybridized carbons (Fsp3) is 0.783. The lowest BCUT2D eigenvalue weighted by atomic mass is 10.1. The Hall–Kier alpha value is -2.65. The lowest BCUT2D eigenvalue weighted by Crippen LogP contribution is -2.56. The Morgan fingerprint density at radius 3 is 2.00 bits per heavy atom. The largest absolute Gasteiger partial charge is 0.457 e. The van der Waals surface area contributed by atoms with E-state index >= 15 is 0 Å². The molecular formula is C23H36O10. The van der Waals surface area contributed by atoms with Gasteiger partial charge in [0.1, 0.15) is 0 Å². The van der Waals surface area contributed by atoms with Crippen molar-refractivity contribution in [3.8, 4) is 0 Å². The van der Waals surface area contributed by atoms with Crippen LogP contribution in [0.25, 0.3) is 0 Å². The maximum atomic E-state index is 12.5. The van der Waals surface area contributed by atoms with Crippen LogP contribution >= 0.6 is 0 Å². The smallest absolute Gasteiger partial charge is 0.366 e. The predicted molar refractivity (Wildman–Crippen MR) is 114 cm³/mol. The van der Waals surface area contributed by atoms with Crippen molar-refractivity contribution >= 4 is 29.8 Å². The molecular weight excluding hydrogens is 436 g/mol. The highest BCUT2D eigenvalue weighted by Crippen LogP contribution is 2.27. The summed E-state index contributed by atoms with van der Waals surface area (Å²) in [5.41, 5.74) is 0. The van der Waals surface area contributed by atoms with Gasteiger partial charge in [0.05, 0.1) is 12.8 Å². The van der Waals surface area contributed by atoms with Gasteiger partial charge in [-0.2, -0.15) is 0 Å². The molecule has 1 heterocycles. The summed E-state index contributed by atoms with van der Waals surface area (Å²) in [5, 5.41) is 0. The zero-order chi connectivity index (χ0) is 24.7. The summed E-state index contributed by atoms with van der Waals surface area (Å²) in [4.78, 5) is 59.8. The number of carbonyl (C=O) groups excluding carboxylic acids is 5. The summed E-state index contributed by atoms with van der Waals surface area (Å²) in [7, 11) is 0. The molecule has 2 unspecified atom stereocenters. The van der Waals surface area contributed by atoms with Crippen LogP contribution in [0.2, 0.25) is 0 Å². The van der Waals surface area contributed by atoms with Crippen LogP contribution in [-0.2, 0) is 47.7 Å². The van der Waals surface area contributed by atoms with Gasteiger partial charge in [-0.15, -0.1) is 0 Å². The fourth-order valence-electron chi connectivity index (χ4n) is 3.30. The Labute approximate surface area is 194 Å². The molecule has 0 aliphatic carbocycles. The minimum atomic E-state index is -2.44. The van der Waals surface area contributed by atoms with Crippen molar-refractivity contribution < 1.29 is 47.7 Å². The molecule has 0 amide bonds. The minimum Gasteiger partial charge on any atom is -0.457 e. The van der Waals surface area contributed by atoms with Crippen molar-refractivity contribution in [3.63, 3.8) is 0 Å². The average molecular weight is 473 g/mol. The second-order valence-corrected chi connectivity index (χ2v) is 8.05. The van der Waals surface area contributed by atoms with E-state index in [-0.39, 0.29) is 19.3 Å². The third-order valence-electron chi connectivity index (χ3n) is 4.93. The van der Waals surface area contributed by atoms with Crippen LogP contribution in [0.5, 0.6) is 0 Å². The first-order chi connectivity index (χ1) is 15.7. The van der Waals surface area contributed by atoms with Crippen molar-refractivity contribution in [3.05, 3.63) is 0 Å². The van der Waals surface area contributed by atoms with Crippen LogP contribution in [0.1, 0.15) is 97.8 Å². The number of cyclic esters (lactones) is 2. The summed E-state index contributed by atoms with van der Waals surface area (Å²) in [5.74, 6) is -6.72. The molecule has 0 bridgehead atoms. The standard InChI is InChI=1S/C23H36O10/c1-4-5-6-7-8-9-10-11-12-13-21(28)33-23(32-18(3)25)16-29-19(26)14-15-20(27)31-22(23)30-17(2)24/h22H,4-16H2,1-3H3. The van der Waals surface area contributed by atoms with Crippen molar-refractivity contribution in [1.29, 1.82) is 0 Å². The predicted octanol–water partition coefficient (Wildman–Crippen LogP) is 3.48. The molecule has 0 N–H and O–H groups in total. The Balaban J connectivity index is 2.78. The molecule has 0 aromatic heterocycles. The average Bonchev–Trinajstić information content (AvgIpc) is 2.77. The normalized spacial score (nSPS) is 21.0. The molecule has 10 nitrogen and oxygen atoms in total. The van der Waals surface area contributed by atoms with E-state index in [1.807, 2.05) is 0 Å². The van der Waals surface area contributed by atoms with Gasteiger partial charge < -0.3 is 23.7 Å². The minimum absolute atomic E-state index is 0.00641. The van der Waals surface area contributed by atoms with Gasteiger partial charge in [0.25, 0.3) is 0 Å². The summed E-state index contributed by atoms with van der Waals surface area (Å²) in [6.45, 7) is 3.44. The Morgan fingerprint density at radius 1 is 0.848 bits per heavy atom. The van der Waals surface area contributed by atoms with Crippen LogP contribution in [0.15, 0.2) is 0 Å². The van der Waals surface area contributed by atoms with Gasteiger partial charge in [-0.3, -0.25) is 24.0 Å². The van der Waals surface area contributed by atoms with Gasteiger partial charge in [-0.1, -0.05) is 58.3 Å². The number of hydrogen-bond acceptors (Lipinski definition) is 10. The van der Waals surface area contributed by atoms with Crippen LogP contribution in [0.4, 0.5) is 0 Å². The Kier molecular flexibility index (Phi) is 13.1. The molecule has 1 fully saturated rings. The van der Waals surface area contributed by atoms with Gasteiger partial charge in [0, 0.05) is 20.3 Å². The Bertz CT molecular complexity index is 674. The van der Waals surface area contributed by atoms with Crippen LogP contribution < -0.4 is 0 Å². The molecule has 0 saturated carbocycles. The zero-order valence-electron chi connectivity index (χ0n) is 19.9. The molecule has 0 radical (unpaired) electrons. The zero-order valence-corrected chi connectivity index (χ0v) is 19.9. The van der Waals surface area contributed by atoms with E-state index < -0.39 is 48.5 Å². The second kappa shape index (κ2) is 15.2. The molecule has 188 valence electrons. The van der Waals surface area contributed by atoms with Crippen LogP contribution in [-0.4, -0.2) is 48.5 Å². The summed E-state index contributed by atoms with van der Waals surface area (Å²) in [6, 6.07) is 0. The maximum Gasteiger partial charge on any atom is 0.366 e. The van der Waals surface area contributed by atoms with Gasteiger partial charge in [-0.25, -0.2) is 0 Å². The summed E-state index contributed by atoms with van der Waals surface area (Å²) < 4.78 is 25.6. The van der Waals surface area contributed by atoms with Crippen molar-refractivity contribution in [2.24, 2.45) is 0 Å². The third kappa shape index (κ3) is 11.7. The van der Waals surface area contributed by atoms with E-state index in [2.05, 4.69) is 6.92 Å². The Morgan fingerprint density at radius 2 is 1.42 bits per heavy atom. The molecule has 33 heavy (non-hydrogen) atoms. The number of unbranched alkanes of at least 4 members (excludes halogenated alkanes) is 8. The summed E-state index contributed by atoms with van der Waals surface area (Å²) >= 11 is 0. The quantitative estimate of drug-likeness (QED) is 0.170. The molecule has 1 saturated heterocycles. The topological polar surface area (TPSA) is 132 Å². The lowest BCUT2D eigenvalue weighted by Gasteiger charge is -2.35. The van der Waals surface area contributed by atoms with E-state index in [1.165, 1.54) is 25.7 Å². The number of hydrogen-bond donors (Lipinski definition) is 0. The van der Waals surface area contributed by atoms with E-state index in [0.29, 0.717) is 6.42 Å². The van der Waals surface area contributed by atoms with E-state index in [9.17, 15) is 24.0 Å². The van der Waals surface area contributed by atoms with Crippen LogP contribution in [0.3, 0.4) is 0 Å². The number of esters is 5. The highest BCUT2D eigenvalue weighted by atomic mass is 16.8. The number of rotatable bonds is 13. The molecule has 1 rings (SSSR count). The first-order valence-corrected chi connectivity index (χ1v) is 11.6. The van der Waals surface area contributed by atoms with Crippen molar-refractivity contribution in [2.45, 2.75) is 110 Å². The molecule has 0 spiro atoms. The molecule has 1 aliphatic heterocycles. The maximum absolute atomic E-state index is 12.5. The lowest BCUT2D eigenvalue weighted by molar-refractivity contribution is -0.320. The molecule has 1 aliphatic rings. The molecule has 2 atom stereocenters. The number of ether oxygens (including phenoxy) is 5. The van der Waals surface area contributed by atoms with Gasteiger partial charge in [-0.05, 0) is 6.42 Å². The molecule has 10 heteroatoms.